The highest BCUT2D eigenvalue weighted by molar-refractivity contribution is 9.10. The lowest BCUT2D eigenvalue weighted by molar-refractivity contribution is 0.198. The van der Waals surface area contributed by atoms with Crippen molar-refractivity contribution >= 4 is 21.6 Å². The molecule has 1 saturated heterocycles. The first kappa shape index (κ1) is 11.9. The van der Waals surface area contributed by atoms with Gasteiger partial charge in [0.15, 0.2) is 0 Å². The molecule has 1 heterocycles. The summed E-state index contributed by atoms with van der Waals surface area (Å²) in [5, 5.41) is 12.9. The Labute approximate surface area is 105 Å². The van der Waals surface area contributed by atoms with Crippen molar-refractivity contribution in [1.29, 1.82) is 0 Å². The lowest BCUT2D eigenvalue weighted by Crippen LogP contribution is -2.43. The molecule has 3 nitrogen and oxygen atoms in total. The van der Waals surface area contributed by atoms with Crippen LogP contribution in [-0.2, 0) is 0 Å². The number of piperazine rings is 1. The Balaban J connectivity index is 2.19. The van der Waals surface area contributed by atoms with Crippen LogP contribution in [0.5, 0.6) is 0 Å². The van der Waals surface area contributed by atoms with Gasteiger partial charge in [0.1, 0.15) is 0 Å². The van der Waals surface area contributed by atoms with E-state index in [1.165, 1.54) is 5.69 Å². The van der Waals surface area contributed by atoms with E-state index < -0.39 is 6.10 Å². The van der Waals surface area contributed by atoms with Crippen molar-refractivity contribution in [2.45, 2.75) is 13.0 Å². The minimum absolute atomic E-state index is 0.425. The summed E-state index contributed by atoms with van der Waals surface area (Å²) >= 11 is 3.51. The molecular formula is C12H17BrN2O. The third-order valence-corrected chi connectivity index (χ3v) is 3.60. The van der Waals surface area contributed by atoms with Gasteiger partial charge in [-0.05, 0) is 24.6 Å². The van der Waals surface area contributed by atoms with E-state index in [0.29, 0.717) is 0 Å². The van der Waals surface area contributed by atoms with Gasteiger partial charge in [0.05, 0.1) is 6.10 Å². The highest BCUT2D eigenvalue weighted by atomic mass is 79.9. The second-order valence-corrected chi connectivity index (χ2v) is 4.97. The quantitative estimate of drug-likeness (QED) is 0.871. The molecule has 0 spiro atoms. The number of halogens is 1. The fraction of sp³-hybridized carbons (Fsp3) is 0.500. The molecule has 0 radical (unpaired) electrons. The van der Waals surface area contributed by atoms with Gasteiger partial charge in [-0.25, -0.2) is 0 Å². The average molecular weight is 285 g/mol. The maximum Gasteiger partial charge on any atom is 0.0772 e. The normalized spacial score (nSPS) is 18.6. The zero-order chi connectivity index (χ0) is 11.5. The number of hydrogen-bond acceptors (Lipinski definition) is 3. The van der Waals surface area contributed by atoms with E-state index >= 15 is 0 Å². The van der Waals surface area contributed by atoms with Crippen LogP contribution < -0.4 is 10.2 Å². The third kappa shape index (κ3) is 2.56. The van der Waals surface area contributed by atoms with Crippen molar-refractivity contribution in [2.24, 2.45) is 0 Å². The molecule has 0 amide bonds. The molecule has 1 atom stereocenters. The summed E-state index contributed by atoms with van der Waals surface area (Å²) in [4.78, 5) is 2.35. The van der Waals surface area contributed by atoms with Crippen LogP contribution in [0.4, 0.5) is 5.69 Å². The van der Waals surface area contributed by atoms with Gasteiger partial charge in [0.2, 0.25) is 0 Å². The van der Waals surface area contributed by atoms with Crippen LogP contribution in [0.3, 0.4) is 0 Å². The molecule has 1 aliphatic rings. The number of nitrogens with one attached hydrogen (secondary N) is 1. The SMILES string of the molecule is CC(O)c1ccc(N2CCNCC2)cc1Br. The van der Waals surface area contributed by atoms with Gasteiger partial charge in [-0.2, -0.15) is 0 Å². The second-order valence-electron chi connectivity index (χ2n) is 4.12. The number of rotatable bonds is 2. The van der Waals surface area contributed by atoms with Crippen molar-refractivity contribution in [3.63, 3.8) is 0 Å². The highest BCUT2D eigenvalue weighted by Crippen LogP contribution is 2.28. The number of nitrogens with zero attached hydrogens (tertiary/aromatic N) is 1. The molecule has 1 unspecified atom stereocenters. The maximum atomic E-state index is 9.55. The first-order valence-electron chi connectivity index (χ1n) is 5.61. The zero-order valence-electron chi connectivity index (χ0n) is 9.41. The largest absolute Gasteiger partial charge is 0.389 e. The molecule has 1 fully saturated rings. The van der Waals surface area contributed by atoms with E-state index in [1.54, 1.807) is 6.92 Å². The smallest absolute Gasteiger partial charge is 0.0772 e. The van der Waals surface area contributed by atoms with Gasteiger partial charge < -0.3 is 15.3 Å². The predicted octanol–water partition coefficient (Wildman–Crippen LogP) is 1.91. The first-order valence-corrected chi connectivity index (χ1v) is 6.41. The number of anilines is 1. The summed E-state index contributed by atoms with van der Waals surface area (Å²) in [6.07, 6.45) is -0.425. The molecule has 4 heteroatoms. The monoisotopic (exact) mass is 284 g/mol. The van der Waals surface area contributed by atoms with E-state index in [1.807, 2.05) is 6.07 Å². The Kier molecular flexibility index (Phi) is 3.84. The minimum atomic E-state index is -0.425. The average Bonchev–Trinajstić information content (AvgIpc) is 2.29. The Morgan fingerprint density at radius 1 is 1.38 bits per heavy atom. The minimum Gasteiger partial charge on any atom is -0.389 e. The first-order chi connectivity index (χ1) is 7.68. The number of aliphatic hydroxyl groups excluding tert-OH is 1. The van der Waals surface area contributed by atoms with Crippen LogP contribution in [0, 0.1) is 0 Å². The molecule has 0 saturated carbocycles. The maximum absolute atomic E-state index is 9.55. The topological polar surface area (TPSA) is 35.5 Å². The van der Waals surface area contributed by atoms with Gasteiger partial charge in [-0.3, -0.25) is 0 Å². The van der Waals surface area contributed by atoms with Crippen molar-refractivity contribution < 1.29 is 5.11 Å². The summed E-state index contributed by atoms with van der Waals surface area (Å²) < 4.78 is 0.985. The zero-order valence-corrected chi connectivity index (χ0v) is 11.0. The Hall–Kier alpha value is -0.580. The van der Waals surface area contributed by atoms with Gasteiger partial charge in [-0.1, -0.05) is 22.0 Å². The summed E-state index contributed by atoms with van der Waals surface area (Å²) in [6.45, 7) is 5.94. The Morgan fingerprint density at radius 2 is 2.06 bits per heavy atom. The molecule has 0 aliphatic carbocycles. The van der Waals surface area contributed by atoms with Gasteiger partial charge in [0.25, 0.3) is 0 Å². The molecule has 88 valence electrons. The fourth-order valence-electron chi connectivity index (χ4n) is 1.97. The van der Waals surface area contributed by atoms with Gasteiger partial charge >= 0.3 is 0 Å². The predicted molar refractivity (Wildman–Crippen MR) is 69.9 cm³/mol. The molecule has 1 aromatic carbocycles. The molecule has 0 aromatic heterocycles. The van der Waals surface area contributed by atoms with E-state index in [2.05, 4.69) is 38.3 Å². The van der Waals surface area contributed by atoms with Crippen LogP contribution >= 0.6 is 15.9 Å². The molecule has 16 heavy (non-hydrogen) atoms. The van der Waals surface area contributed by atoms with E-state index in [0.717, 1.165) is 36.2 Å². The van der Waals surface area contributed by atoms with Crippen LogP contribution in [0.1, 0.15) is 18.6 Å². The molecule has 2 rings (SSSR count). The third-order valence-electron chi connectivity index (χ3n) is 2.92. The van der Waals surface area contributed by atoms with Crippen molar-refractivity contribution in [2.75, 3.05) is 31.1 Å². The van der Waals surface area contributed by atoms with Crippen LogP contribution in [0.25, 0.3) is 0 Å². The lowest BCUT2D eigenvalue weighted by Gasteiger charge is -2.30. The van der Waals surface area contributed by atoms with Crippen molar-refractivity contribution in [1.82, 2.24) is 5.32 Å². The van der Waals surface area contributed by atoms with Gasteiger partial charge in [-0.15, -0.1) is 0 Å². The van der Waals surface area contributed by atoms with Crippen molar-refractivity contribution in [3.05, 3.63) is 28.2 Å². The van der Waals surface area contributed by atoms with Crippen LogP contribution in [0.15, 0.2) is 22.7 Å². The standard InChI is InChI=1S/C12H17BrN2O/c1-9(16)11-3-2-10(8-12(11)13)15-6-4-14-5-7-15/h2-3,8-9,14,16H,4-7H2,1H3. The van der Waals surface area contributed by atoms with E-state index in [9.17, 15) is 5.11 Å². The fourth-order valence-corrected chi connectivity index (χ4v) is 2.67. The molecule has 2 N–H and O–H groups in total. The Bertz CT molecular complexity index is 362. The number of hydrogen-bond donors (Lipinski definition) is 2. The summed E-state index contributed by atoms with van der Waals surface area (Å²) in [7, 11) is 0. The number of aliphatic hydroxyl groups is 1. The number of benzene rings is 1. The Morgan fingerprint density at radius 3 is 2.62 bits per heavy atom. The van der Waals surface area contributed by atoms with E-state index in [4.69, 9.17) is 0 Å². The summed E-state index contributed by atoms with van der Waals surface area (Å²) in [5.74, 6) is 0. The molecule has 1 aliphatic heterocycles. The van der Waals surface area contributed by atoms with Crippen molar-refractivity contribution in [3.8, 4) is 0 Å². The second kappa shape index (κ2) is 5.17. The molecule has 0 bridgehead atoms. The summed E-state index contributed by atoms with van der Waals surface area (Å²) in [5.41, 5.74) is 2.16. The summed E-state index contributed by atoms with van der Waals surface area (Å²) in [6, 6.07) is 6.16. The van der Waals surface area contributed by atoms with Crippen LogP contribution in [0.2, 0.25) is 0 Å². The lowest BCUT2D eigenvalue weighted by atomic mass is 10.1. The molecule has 1 aromatic rings. The van der Waals surface area contributed by atoms with Gasteiger partial charge in [0, 0.05) is 36.3 Å². The van der Waals surface area contributed by atoms with E-state index in [-0.39, 0.29) is 0 Å². The van der Waals surface area contributed by atoms with Crippen LogP contribution in [-0.4, -0.2) is 31.3 Å². The highest BCUT2D eigenvalue weighted by Gasteiger charge is 2.13. The molecular weight excluding hydrogens is 268 g/mol.